The van der Waals surface area contributed by atoms with Gasteiger partial charge in [-0.15, -0.1) is 0 Å². The Morgan fingerprint density at radius 2 is 1.71 bits per heavy atom. The number of alkyl halides is 3. The molecule has 0 spiro atoms. The average molecular weight is 417 g/mol. The smallest absolute Gasteiger partial charge is 0.465 e. The van der Waals surface area contributed by atoms with E-state index in [1.165, 1.54) is 43.5 Å². The second kappa shape index (κ2) is 7.12. The maximum atomic E-state index is 13.6. The number of ether oxygens (including phenoxy) is 3. The molecule has 0 saturated carbocycles. The van der Waals surface area contributed by atoms with Crippen LogP contribution in [0.1, 0.15) is 10.4 Å². The van der Waals surface area contributed by atoms with Crippen LogP contribution in [-0.2, 0) is 4.74 Å². The van der Waals surface area contributed by atoms with Gasteiger partial charge in [-0.3, -0.25) is 5.32 Å². The third-order valence-electron chi connectivity index (χ3n) is 3.63. The number of hydrogen-bond acceptors (Lipinski definition) is 5. The molecule has 1 aliphatic rings. The zero-order valence-electron chi connectivity index (χ0n) is 14.1. The fourth-order valence-electron chi connectivity index (χ4n) is 2.33. The summed E-state index contributed by atoms with van der Waals surface area (Å²) in [7, 11) is 1.20. The average Bonchev–Trinajstić information content (AvgIpc) is 2.99. The molecule has 2 N–H and O–H groups in total. The molecule has 2 aromatic carbocycles. The van der Waals surface area contributed by atoms with Crippen LogP contribution in [0.3, 0.4) is 0 Å². The SMILES string of the molecule is COC(=O)c1ccc(NC(=O)N[C@]2(C(F)(F)F)Oc3ccc(Cl)cc3O2)cc1. The maximum absolute atomic E-state index is 13.6. The molecule has 0 saturated heterocycles. The van der Waals surface area contributed by atoms with Gasteiger partial charge in [-0.05, 0) is 36.4 Å². The molecule has 0 aliphatic carbocycles. The Morgan fingerprint density at radius 3 is 2.32 bits per heavy atom. The Balaban J connectivity index is 1.76. The lowest BCUT2D eigenvalue weighted by atomic mass is 10.2. The molecule has 0 aromatic heterocycles. The van der Waals surface area contributed by atoms with E-state index >= 15 is 0 Å². The van der Waals surface area contributed by atoms with Crippen molar-refractivity contribution in [2.75, 3.05) is 12.4 Å². The van der Waals surface area contributed by atoms with Crippen LogP contribution in [-0.4, -0.2) is 31.2 Å². The van der Waals surface area contributed by atoms with Gasteiger partial charge in [0.05, 0.1) is 12.7 Å². The Hall–Kier alpha value is -3.14. The van der Waals surface area contributed by atoms with Crippen LogP contribution in [0.25, 0.3) is 0 Å². The fraction of sp³-hybridized carbons (Fsp3) is 0.176. The summed E-state index contributed by atoms with van der Waals surface area (Å²) in [4.78, 5) is 23.5. The highest BCUT2D eigenvalue weighted by Gasteiger charge is 2.65. The van der Waals surface area contributed by atoms with E-state index in [-0.39, 0.29) is 27.8 Å². The molecule has 2 amide bonds. The number of methoxy groups -OCH3 is 1. The van der Waals surface area contributed by atoms with Gasteiger partial charge in [-0.2, -0.15) is 13.2 Å². The van der Waals surface area contributed by atoms with Crippen molar-refractivity contribution in [1.82, 2.24) is 5.32 Å². The first-order chi connectivity index (χ1) is 13.1. The van der Waals surface area contributed by atoms with Crippen molar-refractivity contribution in [2.24, 2.45) is 0 Å². The summed E-state index contributed by atoms with van der Waals surface area (Å²) in [5.41, 5.74) is 0.330. The molecule has 1 atom stereocenters. The lowest BCUT2D eigenvalue weighted by Gasteiger charge is -2.29. The van der Waals surface area contributed by atoms with E-state index in [0.29, 0.717) is 0 Å². The number of nitrogens with one attached hydrogen (secondary N) is 2. The van der Waals surface area contributed by atoms with Crippen LogP contribution in [0, 0.1) is 0 Å². The van der Waals surface area contributed by atoms with Gasteiger partial charge in [0, 0.05) is 16.8 Å². The van der Waals surface area contributed by atoms with E-state index in [2.05, 4.69) is 10.1 Å². The molecule has 1 aliphatic heterocycles. The highest BCUT2D eigenvalue weighted by molar-refractivity contribution is 6.30. The molecule has 0 fully saturated rings. The number of urea groups is 1. The first-order valence-corrected chi connectivity index (χ1v) is 8.03. The maximum Gasteiger partial charge on any atom is 0.492 e. The topological polar surface area (TPSA) is 85.9 Å². The van der Waals surface area contributed by atoms with Crippen molar-refractivity contribution in [3.8, 4) is 11.5 Å². The molecule has 148 valence electrons. The number of anilines is 1. The molecule has 28 heavy (non-hydrogen) atoms. The van der Waals surface area contributed by atoms with E-state index in [9.17, 15) is 22.8 Å². The molecule has 1 heterocycles. The van der Waals surface area contributed by atoms with Crippen molar-refractivity contribution in [3.05, 3.63) is 53.1 Å². The molecule has 11 heteroatoms. The summed E-state index contributed by atoms with van der Waals surface area (Å²) in [6.07, 6.45) is -5.11. The second-order valence-electron chi connectivity index (χ2n) is 5.56. The van der Waals surface area contributed by atoms with Crippen LogP contribution in [0.5, 0.6) is 11.5 Å². The minimum atomic E-state index is -5.11. The van der Waals surface area contributed by atoms with E-state index in [4.69, 9.17) is 21.1 Å². The zero-order chi connectivity index (χ0) is 20.5. The first kappa shape index (κ1) is 19.6. The number of rotatable bonds is 3. The van der Waals surface area contributed by atoms with Gasteiger partial charge >= 0.3 is 24.1 Å². The van der Waals surface area contributed by atoms with Crippen molar-refractivity contribution >= 4 is 29.3 Å². The number of benzene rings is 2. The van der Waals surface area contributed by atoms with Crippen LogP contribution < -0.4 is 20.1 Å². The number of fused-ring (bicyclic) bond motifs is 1. The predicted octanol–water partition coefficient (Wildman–Crippen LogP) is 3.94. The second-order valence-corrected chi connectivity index (χ2v) is 5.99. The van der Waals surface area contributed by atoms with E-state index < -0.39 is 24.1 Å². The van der Waals surface area contributed by atoms with Gasteiger partial charge in [0.2, 0.25) is 0 Å². The lowest BCUT2D eigenvalue weighted by molar-refractivity contribution is -0.317. The summed E-state index contributed by atoms with van der Waals surface area (Å²) < 4.78 is 55.0. The highest BCUT2D eigenvalue weighted by Crippen LogP contribution is 2.46. The zero-order valence-corrected chi connectivity index (χ0v) is 14.9. The van der Waals surface area contributed by atoms with E-state index in [1.54, 1.807) is 5.32 Å². The Bertz CT molecular complexity index is 920. The largest absolute Gasteiger partial charge is 0.492 e. The molecule has 0 radical (unpaired) electrons. The van der Waals surface area contributed by atoms with Crippen LogP contribution >= 0.6 is 11.6 Å². The predicted molar refractivity (Wildman–Crippen MR) is 91.4 cm³/mol. The van der Waals surface area contributed by atoms with E-state index in [1.807, 2.05) is 0 Å². The minimum absolute atomic E-state index is 0.126. The molecule has 7 nitrogen and oxygen atoms in total. The first-order valence-electron chi connectivity index (χ1n) is 7.65. The normalized spacial score (nSPS) is 17.8. The Morgan fingerprint density at radius 1 is 1.07 bits per heavy atom. The minimum Gasteiger partial charge on any atom is -0.465 e. The molecule has 0 unspecified atom stereocenters. The highest BCUT2D eigenvalue weighted by atomic mass is 35.5. The summed E-state index contributed by atoms with van der Waals surface area (Å²) >= 11 is 5.74. The summed E-state index contributed by atoms with van der Waals surface area (Å²) in [6, 6.07) is 7.70. The molecule has 0 bridgehead atoms. The van der Waals surface area contributed by atoms with Crippen LogP contribution in [0.4, 0.5) is 23.7 Å². The van der Waals surface area contributed by atoms with E-state index in [0.717, 1.165) is 6.07 Å². The number of hydrogen-bond donors (Lipinski definition) is 2. The van der Waals surface area contributed by atoms with Crippen molar-refractivity contribution in [3.63, 3.8) is 0 Å². The Kier molecular flexibility index (Phi) is 4.99. The fourth-order valence-corrected chi connectivity index (χ4v) is 2.50. The molecule has 2 aromatic rings. The van der Waals surface area contributed by atoms with Gasteiger partial charge in [-0.1, -0.05) is 11.6 Å². The van der Waals surface area contributed by atoms with Gasteiger partial charge in [0.25, 0.3) is 0 Å². The summed E-state index contributed by atoms with van der Waals surface area (Å²) in [5, 5.41) is 3.98. The summed E-state index contributed by atoms with van der Waals surface area (Å²) in [5.74, 6) is -4.52. The van der Waals surface area contributed by atoms with Crippen molar-refractivity contribution in [2.45, 2.75) is 12.1 Å². The van der Waals surface area contributed by atoms with Crippen LogP contribution in [0.2, 0.25) is 5.02 Å². The van der Waals surface area contributed by atoms with Gasteiger partial charge < -0.3 is 19.5 Å². The standard InChI is InChI=1S/C17H12ClF3N2O5/c1-26-14(24)9-2-5-11(6-3-9)22-15(25)23-17(16(19,20)21)27-12-7-4-10(18)8-13(12)28-17/h2-8H,1H3,(H2,22,23,25)/t17-/m1/s1. The number of esters is 1. The molecular weight excluding hydrogens is 405 g/mol. The lowest BCUT2D eigenvalue weighted by Crippen LogP contribution is -2.65. The third-order valence-corrected chi connectivity index (χ3v) is 3.86. The Labute approximate surface area is 161 Å². The number of amides is 2. The third kappa shape index (κ3) is 3.77. The van der Waals surface area contributed by atoms with Gasteiger partial charge in [0.1, 0.15) is 0 Å². The van der Waals surface area contributed by atoms with Crippen LogP contribution in [0.15, 0.2) is 42.5 Å². The quantitative estimate of drug-likeness (QED) is 0.740. The van der Waals surface area contributed by atoms with Gasteiger partial charge in [0.15, 0.2) is 11.5 Å². The monoisotopic (exact) mass is 416 g/mol. The van der Waals surface area contributed by atoms with Crippen molar-refractivity contribution in [1.29, 1.82) is 0 Å². The number of halogens is 4. The molecule has 3 rings (SSSR count). The number of carbonyl (C=O) groups is 2. The summed E-state index contributed by atoms with van der Waals surface area (Å²) in [6.45, 7) is 0. The van der Waals surface area contributed by atoms with Crippen molar-refractivity contribution < 1.29 is 37.0 Å². The molecular formula is C17H12ClF3N2O5. The van der Waals surface area contributed by atoms with Gasteiger partial charge in [-0.25, -0.2) is 9.59 Å². The number of carbonyl (C=O) groups excluding carboxylic acids is 2.